The van der Waals surface area contributed by atoms with Crippen LogP contribution < -0.4 is 4.74 Å². The highest BCUT2D eigenvalue weighted by atomic mass is 32.2. The number of carbonyl (C=O) groups is 1. The van der Waals surface area contributed by atoms with Crippen LogP contribution >= 0.6 is 11.8 Å². The Hall–Kier alpha value is -1.94. The summed E-state index contributed by atoms with van der Waals surface area (Å²) >= 11 is 1.62. The summed E-state index contributed by atoms with van der Waals surface area (Å²) in [4.78, 5) is 11.9. The molecule has 0 bridgehead atoms. The van der Waals surface area contributed by atoms with E-state index in [9.17, 15) is 4.79 Å². The molecule has 0 radical (unpaired) electrons. The van der Waals surface area contributed by atoms with Crippen molar-refractivity contribution in [1.29, 1.82) is 0 Å². The number of rotatable bonds is 6. The number of aromatic carboxylic acids is 1. The summed E-state index contributed by atoms with van der Waals surface area (Å²) in [5.41, 5.74) is 2.83. The standard InChI is InChI=1S/C17H18O3S/c1-12-4-3-5-13(10-12)8-9-21-16-11-14(17(18)19)6-7-15(16)20-2/h3-7,10-11H,8-9H2,1-2H3,(H,18,19). The zero-order valence-corrected chi connectivity index (χ0v) is 12.9. The first-order valence-corrected chi connectivity index (χ1v) is 7.68. The Morgan fingerprint density at radius 2 is 2.05 bits per heavy atom. The van der Waals surface area contributed by atoms with Crippen molar-refractivity contribution >= 4 is 17.7 Å². The Labute approximate surface area is 129 Å². The molecule has 1 N–H and O–H groups in total. The molecule has 0 heterocycles. The van der Waals surface area contributed by atoms with Gasteiger partial charge in [0.25, 0.3) is 0 Å². The number of thioether (sulfide) groups is 1. The minimum atomic E-state index is -0.918. The fourth-order valence-electron chi connectivity index (χ4n) is 2.07. The van der Waals surface area contributed by atoms with E-state index in [0.717, 1.165) is 17.1 Å². The molecule has 0 aliphatic rings. The zero-order valence-electron chi connectivity index (χ0n) is 12.1. The topological polar surface area (TPSA) is 46.5 Å². The predicted molar refractivity (Wildman–Crippen MR) is 85.6 cm³/mol. The molecule has 3 nitrogen and oxygen atoms in total. The van der Waals surface area contributed by atoms with Gasteiger partial charge in [0.1, 0.15) is 5.75 Å². The highest BCUT2D eigenvalue weighted by molar-refractivity contribution is 7.99. The van der Waals surface area contributed by atoms with Gasteiger partial charge in [-0.05, 0) is 37.1 Å². The fourth-order valence-corrected chi connectivity index (χ4v) is 3.13. The molecular formula is C17H18O3S. The number of ether oxygens (including phenoxy) is 1. The van der Waals surface area contributed by atoms with Crippen LogP contribution in [-0.2, 0) is 6.42 Å². The Kier molecular flexibility index (Phi) is 5.28. The molecule has 0 aromatic heterocycles. The van der Waals surface area contributed by atoms with Gasteiger partial charge in [-0.3, -0.25) is 0 Å². The first-order chi connectivity index (χ1) is 10.1. The van der Waals surface area contributed by atoms with Crippen molar-refractivity contribution in [1.82, 2.24) is 0 Å². The highest BCUT2D eigenvalue weighted by Gasteiger charge is 2.09. The Bertz CT molecular complexity index is 638. The second kappa shape index (κ2) is 7.18. The Morgan fingerprint density at radius 3 is 2.71 bits per heavy atom. The monoisotopic (exact) mass is 302 g/mol. The lowest BCUT2D eigenvalue weighted by Crippen LogP contribution is -1.98. The summed E-state index contributed by atoms with van der Waals surface area (Å²) < 4.78 is 5.29. The van der Waals surface area contributed by atoms with Crippen molar-refractivity contribution < 1.29 is 14.6 Å². The molecule has 0 atom stereocenters. The Morgan fingerprint density at radius 1 is 1.24 bits per heavy atom. The average Bonchev–Trinajstić information content (AvgIpc) is 2.47. The lowest BCUT2D eigenvalue weighted by atomic mass is 10.1. The van der Waals surface area contributed by atoms with Crippen LogP contribution in [0.2, 0.25) is 0 Å². The molecule has 0 saturated heterocycles. The fraction of sp³-hybridized carbons (Fsp3) is 0.235. The zero-order chi connectivity index (χ0) is 15.2. The van der Waals surface area contributed by atoms with Crippen molar-refractivity contribution in [2.24, 2.45) is 0 Å². The molecule has 0 spiro atoms. The third-order valence-electron chi connectivity index (χ3n) is 3.14. The van der Waals surface area contributed by atoms with Gasteiger partial charge in [-0.15, -0.1) is 11.8 Å². The molecular weight excluding hydrogens is 284 g/mol. The van der Waals surface area contributed by atoms with E-state index < -0.39 is 5.97 Å². The molecule has 21 heavy (non-hydrogen) atoms. The van der Waals surface area contributed by atoms with Gasteiger partial charge in [-0.1, -0.05) is 29.8 Å². The second-order valence-corrected chi connectivity index (χ2v) is 5.90. The minimum absolute atomic E-state index is 0.286. The maximum Gasteiger partial charge on any atom is 0.335 e. The molecule has 0 fully saturated rings. The minimum Gasteiger partial charge on any atom is -0.496 e. The molecule has 0 amide bonds. The van der Waals surface area contributed by atoms with Gasteiger partial charge in [0, 0.05) is 5.75 Å². The number of benzene rings is 2. The summed E-state index contributed by atoms with van der Waals surface area (Å²) in [5.74, 6) is 0.676. The number of hydrogen-bond acceptors (Lipinski definition) is 3. The summed E-state index contributed by atoms with van der Waals surface area (Å²) in [7, 11) is 1.60. The maximum absolute atomic E-state index is 11.0. The molecule has 2 aromatic rings. The van der Waals surface area contributed by atoms with Crippen molar-refractivity contribution in [3.05, 3.63) is 59.2 Å². The molecule has 2 aromatic carbocycles. The van der Waals surface area contributed by atoms with Crippen molar-refractivity contribution in [3.63, 3.8) is 0 Å². The Balaban J connectivity index is 2.05. The first kappa shape index (κ1) is 15.4. The van der Waals surface area contributed by atoms with Crippen LogP contribution in [0.5, 0.6) is 5.75 Å². The second-order valence-electron chi connectivity index (χ2n) is 4.76. The number of carboxylic acid groups (broad SMARTS) is 1. The summed E-state index contributed by atoms with van der Waals surface area (Å²) in [6.07, 6.45) is 0.937. The summed E-state index contributed by atoms with van der Waals surface area (Å²) in [5, 5.41) is 9.06. The summed E-state index contributed by atoms with van der Waals surface area (Å²) in [6.45, 7) is 2.08. The van der Waals surface area contributed by atoms with E-state index in [2.05, 4.69) is 31.2 Å². The number of methoxy groups -OCH3 is 1. The number of aryl methyl sites for hydroxylation is 2. The molecule has 0 aliphatic carbocycles. The quantitative estimate of drug-likeness (QED) is 0.818. The van der Waals surface area contributed by atoms with E-state index in [1.54, 1.807) is 37.1 Å². The van der Waals surface area contributed by atoms with Crippen LogP contribution in [0, 0.1) is 6.92 Å². The lowest BCUT2D eigenvalue weighted by Gasteiger charge is -2.09. The van der Waals surface area contributed by atoms with E-state index in [0.29, 0.717) is 5.75 Å². The molecule has 0 saturated carbocycles. The largest absolute Gasteiger partial charge is 0.496 e. The van der Waals surface area contributed by atoms with E-state index in [4.69, 9.17) is 9.84 Å². The van der Waals surface area contributed by atoms with Gasteiger partial charge in [-0.2, -0.15) is 0 Å². The molecule has 0 unspecified atom stereocenters. The van der Waals surface area contributed by atoms with Gasteiger partial charge >= 0.3 is 5.97 Å². The highest BCUT2D eigenvalue weighted by Crippen LogP contribution is 2.30. The van der Waals surface area contributed by atoms with E-state index in [-0.39, 0.29) is 5.56 Å². The van der Waals surface area contributed by atoms with Gasteiger partial charge in [0.2, 0.25) is 0 Å². The SMILES string of the molecule is COc1ccc(C(=O)O)cc1SCCc1cccc(C)c1. The normalized spacial score (nSPS) is 10.4. The van der Waals surface area contributed by atoms with E-state index >= 15 is 0 Å². The van der Waals surface area contributed by atoms with Gasteiger partial charge in [0.15, 0.2) is 0 Å². The number of hydrogen-bond donors (Lipinski definition) is 1. The predicted octanol–water partition coefficient (Wildman–Crippen LogP) is 4.04. The van der Waals surface area contributed by atoms with Crippen LogP contribution in [0.25, 0.3) is 0 Å². The van der Waals surface area contributed by atoms with Crippen LogP contribution in [0.3, 0.4) is 0 Å². The summed E-state index contributed by atoms with van der Waals surface area (Å²) in [6, 6.07) is 13.4. The molecule has 110 valence electrons. The molecule has 0 aliphatic heterocycles. The number of carboxylic acids is 1. The van der Waals surface area contributed by atoms with Gasteiger partial charge < -0.3 is 9.84 Å². The smallest absolute Gasteiger partial charge is 0.335 e. The molecule has 2 rings (SSSR count). The third kappa shape index (κ3) is 4.26. The van der Waals surface area contributed by atoms with Crippen LogP contribution in [0.1, 0.15) is 21.5 Å². The van der Waals surface area contributed by atoms with Crippen LogP contribution in [-0.4, -0.2) is 23.9 Å². The maximum atomic E-state index is 11.0. The van der Waals surface area contributed by atoms with E-state index in [1.807, 2.05) is 0 Å². The van der Waals surface area contributed by atoms with Crippen LogP contribution in [0.15, 0.2) is 47.4 Å². The molecule has 4 heteroatoms. The lowest BCUT2D eigenvalue weighted by molar-refractivity contribution is 0.0696. The van der Waals surface area contributed by atoms with Crippen LogP contribution in [0.4, 0.5) is 0 Å². The first-order valence-electron chi connectivity index (χ1n) is 6.70. The van der Waals surface area contributed by atoms with Crippen molar-refractivity contribution in [2.45, 2.75) is 18.2 Å². The van der Waals surface area contributed by atoms with E-state index in [1.165, 1.54) is 11.1 Å². The average molecular weight is 302 g/mol. The van der Waals surface area contributed by atoms with Crippen molar-refractivity contribution in [2.75, 3.05) is 12.9 Å². The van der Waals surface area contributed by atoms with Crippen molar-refractivity contribution in [3.8, 4) is 5.75 Å². The van der Waals surface area contributed by atoms with Gasteiger partial charge in [-0.25, -0.2) is 4.79 Å². The van der Waals surface area contributed by atoms with Gasteiger partial charge in [0.05, 0.1) is 17.6 Å². The third-order valence-corrected chi connectivity index (χ3v) is 4.18.